The number of rotatable bonds is 20. The average Bonchev–Trinajstić information content (AvgIpc) is 3.36. The Morgan fingerprint density at radius 1 is 0.449 bits per heavy atom. The van der Waals surface area contributed by atoms with Crippen molar-refractivity contribution in [2.24, 2.45) is 0 Å². The zero-order chi connectivity index (χ0) is 50.1. The Kier molecular flexibility index (Phi) is 24.6. The summed E-state index contributed by atoms with van der Waals surface area (Å²) in [5.41, 5.74) is 7.32. The maximum atomic E-state index is 12.8. The molecule has 6 rings (SSSR count). The monoisotopic (exact) mass is 1140 g/mol. The number of benzene rings is 6. The van der Waals surface area contributed by atoms with Crippen molar-refractivity contribution < 1.29 is 57.0 Å². The molecule has 0 unspecified atom stereocenters. The predicted molar refractivity (Wildman–Crippen MR) is 272 cm³/mol. The Labute approximate surface area is 425 Å². The molecular formula is C54H60O12Se3. The van der Waals surface area contributed by atoms with Crippen molar-refractivity contribution in [1.29, 1.82) is 0 Å². The predicted octanol–water partition coefficient (Wildman–Crippen LogP) is 7.19. The molecule has 0 bridgehead atoms. The summed E-state index contributed by atoms with van der Waals surface area (Å²) in [6, 6.07) is 42.7. The molecule has 0 aliphatic heterocycles. The van der Waals surface area contributed by atoms with E-state index in [1.165, 1.54) is 41.8 Å². The number of carbonyl (C=O) groups excluding carboxylic acids is 3. The minimum absolute atomic E-state index is 0.0746. The fourth-order valence-electron chi connectivity index (χ4n) is 6.64. The summed E-state index contributed by atoms with van der Waals surface area (Å²) in [5.74, 6) is 0.354. The first-order valence-electron chi connectivity index (χ1n) is 21.5. The van der Waals surface area contributed by atoms with Crippen LogP contribution in [0.4, 0.5) is 0 Å². The van der Waals surface area contributed by atoms with Crippen LogP contribution in [0.5, 0.6) is 17.2 Å². The van der Waals surface area contributed by atoms with E-state index in [1.54, 1.807) is 20.3 Å². The summed E-state index contributed by atoms with van der Waals surface area (Å²) in [6.07, 6.45) is 0. The second-order valence-corrected chi connectivity index (χ2v) is 23.6. The molecule has 15 heteroatoms. The minimum atomic E-state index is -0.399. The van der Waals surface area contributed by atoms with Crippen molar-refractivity contribution in [1.82, 2.24) is 0 Å². The molecule has 0 aromatic heterocycles. The van der Waals surface area contributed by atoms with Gasteiger partial charge in [-0.15, -0.1) is 0 Å². The van der Waals surface area contributed by atoms with E-state index in [-0.39, 0.29) is 80.9 Å². The topological polar surface area (TPSA) is 134 Å². The quantitative estimate of drug-likeness (QED) is 0.0332. The molecule has 0 fully saturated rings. The van der Waals surface area contributed by atoms with Crippen LogP contribution in [0.3, 0.4) is 0 Å². The van der Waals surface area contributed by atoms with Crippen molar-refractivity contribution in [2.45, 2.75) is 36.7 Å². The molecule has 0 amide bonds. The molecule has 0 saturated carbocycles. The molecule has 0 N–H and O–H groups in total. The number of hydrogen-bond donors (Lipinski definition) is 0. The van der Waals surface area contributed by atoms with Gasteiger partial charge in [0.1, 0.15) is 11.3 Å². The van der Waals surface area contributed by atoms with Gasteiger partial charge in [0.15, 0.2) is 6.79 Å². The van der Waals surface area contributed by atoms with Crippen LogP contribution in [0, 0.1) is 27.7 Å². The summed E-state index contributed by atoms with van der Waals surface area (Å²) >= 11 is 0.495. The molecule has 12 nitrogen and oxygen atoms in total. The second kappa shape index (κ2) is 30.2. The van der Waals surface area contributed by atoms with Gasteiger partial charge in [0, 0.05) is 7.11 Å². The van der Waals surface area contributed by atoms with E-state index in [0.29, 0.717) is 33.9 Å². The zero-order valence-corrected chi connectivity index (χ0v) is 45.8. The molecule has 0 saturated heterocycles. The van der Waals surface area contributed by atoms with Crippen LogP contribution in [-0.4, -0.2) is 126 Å². The van der Waals surface area contributed by atoms with Gasteiger partial charge in [-0.2, -0.15) is 0 Å². The van der Waals surface area contributed by atoms with Crippen LogP contribution in [0.25, 0.3) is 0 Å². The number of esters is 3. The van der Waals surface area contributed by atoms with E-state index in [1.807, 2.05) is 82.3 Å². The average molecular weight is 1140 g/mol. The van der Waals surface area contributed by atoms with E-state index in [2.05, 4.69) is 66.7 Å². The Morgan fingerprint density at radius 3 is 1.28 bits per heavy atom. The maximum absolute atomic E-state index is 12.8. The van der Waals surface area contributed by atoms with Crippen molar-refractivity contribution in [2.75, 3.05) is 63.0 Å². The first kappa shape index (κ1) is 56.2. The summed E-state index contributed by atoms with van der Waals surface area (Å²) in [5, 5.41) is 0.798. The number of carbonyl (C=O) groups is 3. The van der Waals surface area contributed by atoms with Gasteiger partial charge in [-0.05, 0) is 31.0 Å². The third kappa shape index (κ3) is 17.8. The number of hydrogen-bond acceptors (Lipinski definition) is 12. The Bertz CT molecular complexity index is 2500. The fraction of sp³-hybridized carbons (Fsp3) is 0.278. The van der Waals surface area contributed by atoms with Crippen molar-refractivity contribution in [3.63, 3.8) is 0 Å². The van der Waals surface area contributed by atoms with Crippen LogP contribution in [-0.2, 0) is 33.7 Å². The van der Waals surface area contributed by atoms with Crippen LogP contribution >= 0.6 is 0 Å². The van der Waals surface area contributed by atoms with Crippen molar-refractivity contribution in [3.05, 3.63) is 177 Å². The van der Waals surface area contributed by atoms with E-state index in [9.17, 15) is 14.4 Å². The third-order valence-electron chi connectivity index (χ3n) is 9.58. The van der Waals surface area contributed by atoms with E-state index >= 15 is 0 Å². The van der Waals surface area contributed by atoms with Gasteiger partial charge in [-0.1, -0.05) is 6.07 Å². The molecule has 69 heavy (non-hydrogen) atoms. The number of methoxy groups -OCH3 is 6. The van der Waals surface area contributed by atoms with Gasteiger partial charge in [-0.3, -0.25) is 0 Å². The Morgan fingerprint density at radius 2 is 0.826 bits per heavy atom. The molecule has 0 heterocycles. The van der Waals surface area contributed by atoms with Crippen molar-refractivity contribution in [3.8, 4) is 17.2 Å². The zero-order valence-electron chi connectivity index (χ0n) is 40.7. The Hall–Kier alpha value is -5.43. The summed E-state index contributed by atoms with van der Waals surface area (Å²) in [6.45, 7) is 8.06. The number of ether oxygens (including phenoxy) is 9. The molecule has 366 valence electrons. The molecule has 0 radical (unpaired) electrons. The third-order valence-corrected chi connectivity index (χ3v) is 18.2. The molecule has 6 aromatic carbocycles. The molecule has 0 spiro atoms. The molecular weight excluding hydrogens is 1080 g/mol. The number of aryl methyl sites for hydroxylation is 4. The van der Waals surface area contributed by atoms with Crippen LogP contribution in [0.1, 0.15) is 68.2 Å². The fourth-order valence-corrected chi connectivity index (χ4v) is 15.2. The van der Waals surface area contributed by atoms with E-state index in [4.69, 9.17) is 42.6 Å². The van der Waals surface area contributed by atoms with E-state index in [0.717, 1.165) is 38.7 Å². The van der Waals surface area contributed by atoms with Gasteiger partial charge >= 0.3 is 339 Å². The second-order valence-electron chi connectivity index (χ2n) is 14.9. The normalized spacial score (nSPS) is 10.5. The van der Waals surface area contributed by atoms with Crippen LogP contribution in [0.15, 0.2) is 127 Å². The van der Waals surface area contributed by atoms with Gasteiger partial charge < -0.3 is 14.2 Å². The molecule has 0 atom stereocenters. The Balaban J connectivity index is 0.000000237. The van der Waals surface area contributed by atoms with Gasteiger partial charge in [0.05, 0.1) is 7.11 Å². The van der Waals surface area contributed by atoms with Crippen LogP contribution in [0.2, 0.25) is 0 Å². The molecule has 0 aliphatic rings. The SMILES string of the molecule is COCOc1cc(C)cc(C([Se]c2ccccc2)[Se]c2ccccc2)c1C(=O)OC.COCOc1cc(C)cc(C)c1C(=O)OC.COCOc1cc(C)cc(C[Se]c2ccccc2)c1C(=O)OC. The van der Waals surface area contributed by atoms with Gasteiger partial charge in [-0.25, -0.2) is 4.79 Å². The van der Waals surface area contributed by atoms with Gasteiger partial charge in [0.2, 0.25) is 0 Å². The van der Waals surface area contributed by atoms with Gasteiger partial charge in [0.25, 0.3) is 0 Å². The first-order chi connectivity index (χ1) is 33.4. The molecule has 0 aliphatic carbocycles. The summed E-state index contributed by atoms with van der Waals surface area (Å²) < 4.78 is 50.4. The molecule has 6 aromatic rings. The summed E-state index contributed by atoms with van der Waals surface area (Å²) in [4.78, 5) is 36.6. The van der Waals surface area contributed by atoms with Crippen molar-refractivity contribution >= 4 is 76.2 Å². The first-order valence-corrected chi connectivity index (χ1v) is 27.2. The summed E-state index contributed by atoms with van der Waals surface area (Å²) in [7, 11) is 8.78. The van der Waals surface area contributed by atoms with E-state index < -0.39 is 5.97 Å². The van der Waals surface area contributed by atoms with Crippen LogP contribution < -0.4 is 27.6 Å². The standard InChI is InChI=1S/C24H24O4Se2.C18H20O4Se.C12H16O4/c1-17-14-20(22(23(25)27-3)21(15-17)28-16-26-2)24(29-18-10-6-4-7-11-18)30-19-12-8-5-9-13-19;1-13-9-14(11-23-15-7-5-4-6-8-15)17(18(19)21-3)16(10-13)22-12-20-2;1-8-5-9(2)11(12(13)15-4)10(6-8)16-7-14-3/h4-15,24H,16H2,1-3H3;4-10H,11-12H2,1-3H3;5-6H,7H2,1-4H3.